The molecule has 0 saturated heterocycles. The maximum absolute atomic E-state index is 12.9. The van der Waals surface area contributed by atoms with Crippen molar-refractivity contribution >= 4 is 32.6 Å². The Labute approximate surface area is 137 Å². The molecule has 0 radical (unpaired) electrons. The van der Waals surface area contributed by atoms with Crippen molar-refractivity contribution in [3.05, 3.63) is 68.8 Å². The minimum atomic E-state index is -0.371. The van der Waals surface area contributed by atoms with Gasteiger partial charge in [-0.25, -0.2) is 4.79 Å². The third-order valence-electron chi connectivity index (χ3n) is 4.50. The van der Waals surface area contributed by atoms with Crippen LogP contribution in [0, 0.1) is 6.92 Å². The van der Waals surface area contributed by atoms with E-state index in [2.05, 4.69) is 0 Å². The first-order valence-electron chi connectivity index (χ1n) is 8.10. The molecule has 0 saturated carbocycles. The van der Waals surface area contributed by atoms with Gasteiger partial charge in [-0.05, 0) is 36.4 Å². The summed E-state index contributed by atoms with van der Waals surface area (Å²) in [5, 5.41) is 3.54. The highest BCUT2D eigenvalue weighted by atomic mass is 16.4. The average Bonchev–Trinajstić information content (AvgIpc) is 2.57. The molecule has 0 bridgehead atoms. The second-order valence-corrected chi connectivity index (χ2v) is 6.12. The van der Waals surface area contributed by atoms with E-state index in [0.29, 0.717) is 17.5 Å². The third kappa shape index (κ3) is 2.07. The number of fused-ring (bicyclic) bond motifs is 4. The molecular formula is C20H17NO3. The number of nitrogens with zero attached hydrogens (tertiary/aromatic N) is 1. The van der Waals surface area contributed by atoms with Crippen molar-refractivity contribution in [3.8, 4) is 0 Å². The lowest BCUT2D eigenvalue weighted by atomic mass is 10.0. The summed E-state index contributed by atoms with van der Waals surface area (Å²) in [4.78, 5) is 24.6. The quantitative estimate of drug-likeness (QED) is 0.319. The normalized spacial score (nSPS) is 11.6. The number of rotatable bonds is 2. The van der Waals surface area contributed by atoms with Crippen molar-refractivity contribution < 1.29 is 4.42 Å². The SMILES string of the molecule is CCCn1c(=O)c2ccccc2c2cc3c(C)cc(=O)oc3cc21. The van der Waals surface area contributed by atoms with E-state index in [-0.39, 0.29) is 11.2 Å². The molecule has 120 valence electrons. The largest absolute Gasteiger partial charge is 0.423 e. The van der Waals surface area contributed by atoms with Gasteiger partial charge in [0.1, 0.15) is 5.58 Å². The number of aryl methyl sites for hydroxylation is 2. The number of benzene rings is 2. The Bertz CT molecular complexity index is 1210. The molecule has 24 heavy (non-hydrogen) atoms. The van der Waals surface area contributed by atoms with Crippen molar-refractivity contribution in [3.63, 3.8) is 0 Å². The first kappa shape index (κ1) is 14.7. The number of hydrogen-bond acceptors (Lipinski definition) is 3. The van der Waals surface area contributed by atoms with E-state index in [4.69, 9.17) is 4.42 Å². The fourth-order valence-electron chi connectivity index (χ4n) is 3.40. The Morgan fingerprint density at radius 3 is 2.46 bits per heavy atom. The van der Waals surface area contributed by atoms with Crippen LogP contribution in [0.3, 0.4) is 0 Å². The lowest BCUT2D eigenvalue weighted by molar-refractivity contribution is 0.560. The molecule has 4 rings (SSSR count). The Morgan fingerprint density at radius 1 is 0.958 bits per heavy atom. The van der Waals surface area contributed by atoms with E-state index in [1.54, 1.807) is 4.57 Å². The summed E-state index contributed by atoms with van der Waals surface area (Å²) in [6.45, 7) is 4.57. The van der Waals surface area contributed by atoms with Gasteiger partial charge in [-0.3, -0.25) is 4.79 Å². The molecule has 0 fully saturated rings. The van der Waals surface area contributed by atoms with E-state index < -0.39 is 0 Å². The zero-order chi connectivity index (χ0) is 16.8. The molecule has 0 N–H and O–H groups in total. The summed E-state index contributed by atoms with van der Waals surface area (Å²) in [6.07, 6.45) is 0.850. The van der Waals surface area contributed by atoms with Crippen LogP contribution in [-0.4, -0.2) is 4.57 Å². The van der Waals surface area contributed by atoms with Crippen molar-refractivity contribution in [2.45, 2.75) is 26.8 Å². The first-order chi connectivity index (χ1) is 11.6. The second kappa shape index (κ2) is 5.34. The zero-order valence-corrected chi connectivity index (χ0v) is 13.6. The van der Waals surface area contributed by atoms with Gasteiger partial charge in [0, 0.05) is 34.8 Å². The fourth-order valence-corrected chi connectivity index (χ4v) is 3.40. The van der Waals surface area contributed by atoms with Crippen LogP contribution >= 0.6 is 0 Å². The molecular weight excluding hydrogens is 302 g/mol. The van der Waals surface area contributed by atoms with Crippen LogP contribution in [0.1, 0.15) is 18.9 Å². The summed E-state index contributed by atoms with van der Waals surface area (Å²) in [5.41, 5.74) is 1.83. The van der Waals surface area contributed by atoms with Crippen LogP contribution in [-0.2, 0) is 6.54 Å². The van der Waals surface area contributed by atoms with Gasteiger partial charge in [-0.15, -0.1) is 0 Å². The van der Waals surface area contributed by atoms with Crippen molar-refractivity contribution in [2.24, 2.45) is 0 Å². The molecule has 4 heteroatoms. The highest BCUT2D eigenvalue weighted by Crippen LogP contribution is 2.28. The molecule has 2 heterocycles. The van der Waals surface area contributed by atoms with Crippen molar-refractivity contribution in [1.29, 1.82) is 0 Å². The highest BCUT2D eigenvalue weighted by molar-refractivity contribution is 6.10. The Morgan fingerprint density at radius 2 is 1.71 bits per heavy atom. The van der Waals surface area contributed by atoms with E-state index >= 15 is 0 Å². The predicted molar refractivity (Wildman–Crippen MR) is 96.8 cm³/mol. The van der Waals surface area contributed by atoms with E-state index in [0.717, 1.165) is 33.7 Å². The summed E-state index contributed by atoms with van der Waals surface area (Å²) in [5.74, 6) is 0. The van der Waals surface area contributed by atoms with Crippen molar-refractivity contribution in [2.75, 3.05) is 0 Å². The van der Waals surface area contributed by atoms with Gasteiger partial charge in [0.25, 0.3) is 5.56 Å². The minimum Gasteiger partial charge on any atom is -0.423 e. The molecule has 0 aliphatic carbocycles. The summed E-state index contributed by atoms with van der Waals surface area (Å²) < 4.78 is 7.14. The van der Waals surface area contributed by atoms with Gasteiger partial charge < -0.3 is 8.98 Å². The van der Waals surface area contributed by atoms with Gasteiger partial charge in [0.2, 0.25) is 0 Å². The molecule has 0 aliphatic rings. The maximum Gasteiger partial charge on any atom is 0.336 e. The Balaban J connectivity index is 2.31. The topological polar surface area (TPSA) is 52.2 Å². The number of pyridine rings is 1. The highest BCUT2D eigenvalue weighted by Gasteiger charge is 2.13. The summed E-state index contributed by atoms with van der Waals surface area (Å²) in [7, 11) is 0. The number of hydrogen-bond donors (Lipinski definition) is 0. The van der Waals surface area contributed by atoms with Crippen molar-refractivity contribution in [1.82, 2.24) is 4.57 Å². The van der Waals surface area contributed by atoms with Crippen LogP contribution in [0.5, 0.6) is 0 Å². The molecule has 0 aliphatic heterocycles. The average molecular weight is 319 g/mol. The van der Waals surface area contributed by atoms with E-state index in [9.17, 15) is 9.59 Å². The van der Waals surface area contributed by atoms with Crippen LogP contribution < -0.4 is 11.2 Å². The lowest BCUT2D eigenvalue weighted by Crippen LogP contribution is -2.20. The molecule has 0 amide bonds. The molecule has 0 unspecified atom stereocenters. The third-order valence-corrected chi connectivity index (χ3v) is 4.50. The van der Waals surface area contributed by atoms with Gasteiger partial charge in [0.05, 0.1) is 5.52 Å². The van der Waals surface area contributed by atoms with Gasteiger partial charge in [-0.1, -0.05) is 25.1 Å². The van der Waals surface area contributed by atoms with Crippen LogP contribution in [0.2, 0.25) is 0 Å². The maximum atomic E-state index is 12.9. The summed E-state index contributed by atoms with van der Waals surface area (Å²) >= 11 is 0. The zero-order valence-electron chi connectivity index (χ0n) is 13.6. The van der Waals surface area contributed by atoms with Crippen LogP contribution in [0.4, 0.5) is 0 Å². The van der Waals surface area contributed by atoms with Gasteiger partial charge >= 0.3 is 5.63 Å². The first-order valence-corrected chi connectivity index (χ1v) is 8.10. The second-order valence-electron chi connectivity index (χ2n) is 6.12. The molecule has 4 nitrogen and oxygen atoms in total. The Hall–Kier alpha value is -2.88. The molecule has 4 aromatic rings. The van der Waals surface area contributed by atoms with Gasteiger partial charge in [0.15, 0.2) is 0 Å². The standard InChI is InChI=1S/C20H17NO3/c1-3-8-21-17-11-18-15(12(2)9-19(22)24-18)10-16(17)13-6-4-5-7-14(13)20(21)23/h4-7,9-11H,3,8H2,1-2H3. The molecule has 0 atom stereocenters. The van der Waals surface area contributed by atoms with Crippen LogP contribution in [0.15, 0.2) is 56.5 Å². The molecule has 2 aromatic carbocycles. The van der Waals surface area contributed by atoms with E-state index in [1.165, 1.54) is 6.07 Å². The molecule has 2 aromatic heterocycles. The molecule has 0 spiro atoms. The monoisotopic (exact) mass is 319 g/mol. The Kier molecular flexibility index (Phi) is 3.27. The van der Waals surface area contributed by atoms with Crippen LogP contribution in [0.25, 0.3) is 32.6 Å². The summed E-state index contributed by atoms with van der Waals surface area (Å²) in [6, 6.07) is 13.0. The number of aromatic nitrogens is 1. The minimum absolute atomic E-state index is 0.00528. The fraction of sp³-hybridized carbons (Fsp3) is 0.200. The van der Waals surface area contributed by atoms with E-state index in [1.807, 2.05) is 50.2 Å². The lowest BCUT2D eigenvalue weighted by Gasteiger charge is -2.13. The van der Waals surface area contributed by atoms with Gasteiger partial charge in [-0.2, -0.15) is 0 Å². The smallest absolute Gasteiger partial charge is 0.336 e. The predicted octanol–water partition coefficient (Wildman–Crippen LogP) is 3.98.